The maximum Gasteiger partial charge on any atom is 0.264 e. The molecular weight excluding hydrogens is 404 g/mol. The number of nitrogens with zero attached hydrogens (tertiary/aromatic N) is 2. The maximum atomic E-state index is 5.79. The van der Waals surface area contributed by atoms with Crippen molar-refractivity contribution < 1.29 is 14.2 Å². The van der Waals surface area contributed by atoms with Crippen molar-refractivity contribution in [3.8, 4) is 5.75 Å². The van der Waals surface area contributed by atoms with Crippen molar-refractivity contribution in [1.29, 1.82) is 0 Å². The van der Waals surface area contributed by atoms with Crippen LogP contribution in [0.2, 0.25) is 0 Å². The van der Waals surface area contributed by atoms with E-state index in [-0.39, 0.29) is 5.60 Å². The number of ether oxygens (including phenoxy) is 3. The number of thiocarbonyl (C=S) groups is 1. The Kier molecular flexibility index (Phi) is 9.52. The van der Waals surface area contributed by atoms with E-state index in [9.17, 15) is 0 Å². The van der Waals surface area contributed by atoms with E-state index < -0.39 is 0 Å². The predicted molar refractivity (Wildman–Crippen MR) is 124 cm³/mol. The van der Waals surface area contributed by atoms with E-state index in [0.717, 1.165) is 18.7 Å². The van der Waals surface area contributed by atoms with Gasteiger partial charge in [-0.2, -0.15) is 11.3 Å². The fraction of sp³-hybridized carbons (Fsp3) is 0.500. The van der Waals surface area contributed by atoms with Crippen LogP contribution in [0.5, 0.6) is 5.75 Å². The molecule has 0 bridgehead atoms. The number of hydrogen-bond donors (Lipinski definition) is 0. The minimum absolute atomic E-state index is 0.328. The summed E-state index contributed by atoms with van der Waals surface area (Å²) in [6, 6.07) is 9.98. The quantitative estimate of drug-likeness (QED) is 0.384. The van der Waals surface area contributed by atoms with E-state index in [1.807, 2.05) is 50.1 Å². The van der Waals surface area contributed by atoms with Gasteiger partial charge in [0, 0.05) is 33.8 Å². The average molecular weight is 437 g/mol. The Hall–Kier alpha value is -1.51. The average Bonchev–Trinajstić information content (AvgIpc) is 3.20. The highest BCUT2D eigenvalue weighted by molar-refractivity contribution is 7.80. The van der Waals surface area contributed by atoms with Gasteiger partial charge in [0.1, 0.15) is 5.75 Å². The molecule has 0 aliphatic rings. The van der Waals surface area contributed by atoms with E-state index in [1.165, 1.54) is 5.56 Å². The molecule has 0 unspecified atom stereocenters. The molecule has 0 aliphatic heterocycles. The summed E-state index contributed by atoms with van der Waals surface area (Å²) >= 11 is 7.12. The number of thiophene rings is 1. The first-order valence-corrected chi connectivity index (χ1v) is 11.0. The van der Waals surface area contributed by atoms with Crippen molar-refractivity contribution in [3.63, 3.8) is 0 Å². The molecule has 0 fully saturated rings. The van der Waals surface area contributed by atoms with E-state index in [2.05, 4.69) is 28.8 Å². The van der Waals surface area contributed by atoms with Crippen LogP contribution in [0, 0.1) is 0 Å². The lowest BCUT2D eigenvalue weighted by molar-refractivity contribution is 0.0192. The van der Waals surface area contributed by atoms with Crippen LogP contribution in [-0.4, -0.2) is 62.5 Å². The van der Waals surface area contributed by atoms with E-state index in [1.54, 1.807) is 18.4 Å². The SMILES string of the molecule is COC(C)(C)c1ccc(OC(=S)N(C)CCOCCN(C)Cc2ccsc2)cc1. The minimum Gasteiger partial charge on any atom is -0.432 e. The summed E-state index contributed by atoms with van der Waals surface area (Å²) in [6.45, 7) is 7.88. The molecule has 2 rings (SSSR count). The van der Waals surface area contributed by atoms with Crippen molar-refractivity contribution in [2.24, 2.45) is 0 Å². The fourth-order valence-electron chi connectivity index (χ4n) is 2.61. The first-order chi connectivity index (χ1) is 13.8. The summed E-state index contributed by atoms with van der Waals surface area (Å²) in [4.78, 5) is 4.14. The van der Waals surface area contributed by atoms with Gasteiger partial charge in [-0.15, -0.1) is 0 Å². The molecule has 0 atom stereocenters. The lowest BCUT2D eigenvalue weighted by Crippen LogP contribution is -2.33. The third-order valence-electron chi connectivity index (χ3n) is 4.80. The van der Waals surface area contributed by atoms with Crippen LogP contribution in [0.1, 0.15) is 25.0 Å². The standard InChI is InChI=1S/C22H32N2O3S2/c1-22(2,25-5)19-6-8-20(9-7-19)27-21(28)24(4)12-14-26-13-11-23(3)16-18-10-15-29-17-18/h6-10,15,17H,11-14,16H2,1-5H3. The molecule has 1 heterocycles. The Morgan fingerprint density at radius 1 is 1.07 bits per heavy atom. The van der Waals surface area contributed by atoms with Crippen LogP contribution in [0.25, 0.3) is 0 Å². The number of methoxy groups -OCH3 is 1. The Balaban J connectivity index is 1.64. The number of rotatable bonds is 11. The molecule has 0 spiro atoms. The number of likely N-dealkylation sites (N-methyl/N-ethyl adjacent to an activating group) is 2. The van der Waals surface area contributed by atoms with Crippen LogP contribution in [-0.2, 0) is 21.6 Å². The van der Waals surface area contributed by atoms with E-state index in [4.69, 9.17) is 26.4 Å². The van der Waals surface area contributed by atoms with Gasteiger partial charge in [0.05, 0.1) is 18.8 Å². The van der Waals surface area contributed by atoms with Gasteiger partial charge in [-0.1, -0.05) is 12.1 Å². The second-order valence-corrected chi connectivity index (χ2v) is 8.64. The smallest absolute Gasteiger partial charge is 0.264 e. The highest BCUT2D eigenvalue weighted by atomic mass is 32.1. The summed E-state index contributed by atoms with van der Waals surface area (Å²) in [5.74, 6) is 0.716. The Morgan fingerprint density at radius 3 is 2.38 bits per heavy atom. The molecule has 7 heteroatoms. The summed E-state index contributed by atoms with van der Waals surface area (Å²) in [7, 11) is 5.73. The Morgan fingerprint density at radius 2 is 1.76 bits per heavy atom. The predicted octanol–water partition coefficient (Wildman–Crippen LogP) is 4.37. The summed E-state index contributed by atoms with van der Waals surface area (Å²) in [5.41, 5.74) is 2.10. The van der Waals surface area contributed by atoms with Crippen LogP contribution in [0.15, 0.2) is 41.1 Å². The molecule has 0 radical (unpaired) electrons. The van der Waals surface area contributed by atoms with Crippen LogP contribution >= 0.6 is 23.6 Å². The monoisotopic (exact) mass is 436 g/mol. The van der Waals surface area contributed by atoms with Gasteiger partial charge in [0.25, 0.3) is 5.17 Å². The van der Waals surface area contributed by atoms with Gasteiger partial charge in [-0.05, 0) is 73.2 Å². The zero-order chi connectivity index (χ0) is 21.3. The molecule has 160 valence electrons. The van der Waals surface area contributed by atoms with E-state index in [0.29, 0.717) is 30.7 Å². The number of hydrogen-bond acceptors (Lipinski definition) is 6. The van der Waals surface area contributed by atoms with Gasteiger partial charge < -0.3 is 19.1 Å². The normalized spacial score (nSPS) is 11.7. The first-order valence-electron chi connectivity index (χ1n) is 9.68. The van der Waals surface area contributed by atoms with Crippen molar-refractivity contribution in [2.45, 2.75) is 26.0 Å². The largest absolute Gasteiger partial charge is 0.432 e. The highest BCUT2D eigenvalue weighted by Crippen LogP contribution is 2.25. The molecule has 0 aliphatic carbocycles. The molecular formula is C22H32N2O3S2. The zero-order valence-electron chi connectivity index (χ0n) is 18.0. The molecule has 29 heavy (non-hydrogen) atoms. The van der Waals surface area contributed by atoms with Gasteiger partial charge >= 0.3 is 0 Å². The fourth-order valence-corrected chi connectivity index (χ4v) is 3.46. The Bertz CT molecular complexity index is 733. The molecule has 5 nitrogen and oxygen atoms in total. The van der Waals surface area contributed by atoms with Crippen LogP contribution in [0.4, 0.5) is 0 Å². The van der Waals surface area contributed by atoms with Gasteiger partial charge in [0.2, 0.25) is 0 Å². The number of benzene rings is 1. The first kappa shape index (κ1) is 23.8. The van der Waals surface area contributed by atoms with E-state index >= 15 is 0 Å². The molecule has 2 aromatic rings. The highest BCUT2D eigenvalue weighted by Gasteiger charge is 2.19. The molecule has 0 N–H and O–H groups in total. The summed E-state index contributed by atoms with van der Waals surface area (Å²) < 4.78 is 17.0. The lowest BCUT2D eigenvalue weighted by Gasteiger charge is -2.24. The van der Waals surface area contributed by atoms with Crippen molar-refractivity contribution in [2.75, 3.05) is 47.5 Å². The van der Waals surface area contributed by atoms with Crippen LogP contribution in [0.3, 0.4) is 0 Å². The third kappa shape index (κ3) is 8.03. The summed E-state index contributed by atoms with van der Waals surface area (Å²) in [5, 5.41) is 4.72. The van der Waals surface area contributed by atoms with Crippen molar-refractivity contribution in [1.82, 2.24) is 9.80 Å². The topological polar surface area (TPSA) is 34.2 Å². The second-order valence-electron chi connectivity index (χ2n) is 7.51. The second kappa shape index (κ2) is 11.6. The summed E-state index contributed by atoms with van der Waals surface area (Å²) in [6.07, 6.45) is 0. The molecule has 0 saturated heterocycles. The third-order valence-corrected chi connectivity index (χ3v) is 5.92. The zero-order valence-corrected chi connectivity index (χ0v) is 19.6. The Labute approximate surface area is 184 Å². The van der Waals surface area contributed by atoms with Crippen molar-refractivity contribution >= 4 is 28.7 Å². The molecule has 1 aromatic heterocycles. The van der Waals surface area contributed by atoms with Gasteiger partial charge in [-0.25, -0.2) is 0 Å². The maximum absolute atomic E-state index is 5.79. The minimum atomic E-state index is -0.328. The van der Waals surface area contributed by atoms with Gasteiger partial charge in [-0.3, -0.25) is 4.90 Å². The molecule has 0 saturated carbocycles. The van der Waals surface area contributed by atoms with Crippen molar-refractivity contribution in [3.05, 3.63) is 52.2 Å². The molecule has 1 aromatic carbocycles. The van der Waals surface area contributed by atoms with Crippen LogP contribution < -0.4 is 4.74 Å². The van der Waals surface area contributed by atoms with Gasteiger partial charge in [0.15, 0.2) is 0 Å². The molecule has 0 amide bonds. The lowest BCUT2D eigenvalue weighted by atomic mass is 9.98.